The van der Waals surface area contributed by atoms with Crippen LogP contribution < -0.4 is 16.8 Å². The average Bonchev–Trinajstić information content (AvgIpc) is 3.21. The van der Waals surface area contributed by atoms with Gasteiger partial charge in [-0.15, -0.1) is 0 Å². The van der Waals surface area contributed by atoms with Crippen LogP contribution in [0.1, 0.15) is 47.8 Å². The zero-order chi connectivity index (χ0) is 25.6. The zero-order valence-electron chi connectivity index (χ0n) is 18.5. The van der Waals surface area contributed by atoms with Gasteiger partial charge in [-0.05, 0) is 30.0 Å². The maximum Gasteiger partial charge on any atom is 0.435 e. The van der Waals surface area contributed by atoms with E-state index < -0.39 is 40.8 Å². The van der Waals surface area contributed by atoms with Crippen molar-refractivity contribution in [2.24, 2.45) is 22.4 Å². The van der Waals surface area contributed by atoms with Crippen molar-refractivity contribution < 1.29 is 22.4 Å². The lowest BCUT2D eigenvalue weighted by atomic mass is 9.90. The molecule has 1 aromatic heterocycles. The normalized spacial score (nSPS) is 13.8. The summed E-state index contributed by atoms with van der Waals surface area (Å²) in [6.07, 6.45) is -2.91. The Hall–Kier alpha value is -3.34. The molecule has 2 aromatic rings. The molecule has 0 saturated carbocycles. The number of carbonyl (C=O) groups excluding carboxylic acids is 1. The molecule has 184 valence electrons. The second-order valence-electron chi connectivity index (χ2n) is 7.91. The van der Waals surface area contributed by atoms with Crippen molar-refractivity contribution in [3.05, 3.63) is 76.6 Å². The number of alkyl halides is 3. The number of halogens is 5. The van der Waals surface area contributed by atoms with E-state index in [1.165, 1.54) is 0 Å². The number of hydrogen-bond acceptors (Lipinski definition) is 4. The van der Waals surface area contributed by atoms with E-state index in [1.807, 2.05) is 13.8 Å². The van der Waals surface area contributed by atoms with Gasteiger partial charge in [-0.3, -0.25) is 4.79 Å². The van der Waals surface area contributed by atoms with Gasteiger partial charge in [0.1, 0.15) is 0 Å². The van der Waals surface area contributed by atoms with Gasteiger partial charge in [0.15, 0.2) is 11.5 Å². The standard InChI is InChI=1S/C22H25ClF4N6O/c1-12(2)8-15(14-4-6-16(23)7-5-14)9-30-20(34)17-11-33(32-19(17)22(25,26)27)21(29)31-10-18(24)13(3)28/h4-7,10-12,15H,3,8-9,28H2,1-2H3,(H2,29,31)(H,30,34)/b18-10+. The van der Waals surface area contributed by atoms with Crippen LogP contribution in [0.3, 0.4) is 0 Å². The highest BCUT2D eigenvalue weighted by molar-refractivity contribution is 6.30. The molecule has 1 amide bonds. The molecule has 0 radical (unpaired) electrons. The molecule has 0 aliphatic rings. The van der Waals surface area contributed by atoms with E-state index in [0.29, 0.717) is 22.3 Å². The number of nitrogens with zero attached hydrogens (tertiary/aromatic N) is 3. The van der Waals surface area contributed by atoms with Crippen LogP contribution in [0.2, 0.25) is 5.02 Å². The van der Waals surface area contributed by atoms with Crippen molar-refractivity contribution in [1.82, 2.24) is 15.1 Å². The fourth-order valence-electron chi connectivity index (χ4n) is 3.08. The van der Waals surface area contributed by atoms with E-state index in [-0.39, 0.29) is 18.4 Å². The van der Waals surface area contributed by atoms with Gasteiger partial charge in [0.05, 0.1) is 17.5 Å². The van der Waals surface area contributed by atoms with Crippen molar-refractivity contribution in [3.8, 4) is 0 Å². The first-order valence-electron chi connectivity index (χ1n) is 10.1. The topological polar surface area (TPSA) is 111 Å². The monoisotopic (exact) mass is 500 g/mol. The number of carbonyl (C=O) groups is 1. The van der Waals surface area contributed by atoms with Gasteiger partial charge in [-0.2, -0.15) is 18.3 Å². The Labute approximate surface area is 199 Å². The number of nitrogens with one attached hydrogen (secondary N) is 1. The largest absolute Gasteiger partial charge is 0.435 e. The van der Waals surface area contributed by atoms with Gasteiger partial charge >= 0.3 is 6.18 Å². The first-order valence-corrected chi connectivity index (χ1v) is 10.5. The van der Waals surface area contributed by atoms with Crippen LogP contribution in [-0.2, 0) is 6.18 Å². The number of nitrogens with two attached hydrogens (primary N) is 2. The van der Waals surface area contributed by atoms with Crippen LogP contribution in [0, 0.1) is 5.92 Å². The Kier molecular flexibility index (Phi) is 8.86. The molecule has 1 heterocycles. The highest BCUT2D eigenvalue weighted by atomic mass is 35.5. The summed E-state index contributed by atoms with van der Waals surface area (Å²) in [6, 6.07) is 7.02. The molecule has 0 aliphatic heterocycles. The SMILES string of the molecule is C=C(N)/C(F)=C\N=C(N)n1cc(C(=O)NCC(CC(C)C)c2ccc(Cl)cc2)c(C(F)(F)F)n1. The first kappa shape index (κ1) is 26.9. The summed E-state index contributed by atoms with van der Waals surface area (Å²) < 4.78 is 54.5. The van der Waals surface area contributed by atoms with Gasteiger partial charge < -0.3 is 16.8 Å². The molecule has 1 atom stereocenters. The Bertz CT molecular complexity index is 1090. The lowest BCUT2D eigenvalue weighted by Gasteiger charge is -2.20. The van der Waals surface area contributed by atoms with Crippen molar-refractivity contribution in [1.29, 1.82) is 0 Å². The number of aliphatic imine (C=N–C) groups is 1. The number of aromatic nitrogens is 2. The highest BCUT2D eigenvalue weighted by Gasteiger charge is 2.39. The fraction of sp³-hybridized carbons (Fsp3) is 0.318. The molecular weight excluding hydrogens is 476 g/mol. The second-order valence-corrected chi connectivity index (χ2v) is 8.35. The van der Waals surface area contributed by atoms with E-state index in [0.717, 1.165) is 11.8 Å². The second kappa shape index (κ2) is 11.2. The first-order chi connectivity index (χ1) is 15.8. The molecule has 0 fully saturated rings. The predicted octanol–water partition coefficient (Wildman–Crippen LogP) is 4.56. The van der Waals surface area contributed by atoms with Crippen LogP contribution in [0.4, 0.5) is 17.6 Å². The minimum Gasteiger partial charge on any atom is -0.397 e. The Morgan fingerprint density at radius 1 is 1.29 bits per heavy atom. The Morgan fingerprint density at radius 3 is 2.44 bits per heavy atom. The smallest absolute Gasteiger partial charge is 0.397 e. The number of amides is 1. The maximum absolute atomic E-state index is 13.5. The van der Waals surface area contributed by atoms with Gasteiger partial charge in [0.25, 0.3) is 5.91 Å². The molecule has 1 aromatic carbocycles. The molecular formula is C22H25ClF4N6O. The van der Waals surface area contributed by atoms with E-state index in [4.69, 9.17) is 23.1 Å². The molecule has 1 unspecified atom stereocenters. The van der Waals surface area contributed by atoms with Crippen LogP contribution in [0.15, 0.2) is 59.8 Å². The third-order valence-electron chi connectivity index (χ3n) is 4.69. The summed E-state index contributed by atoms with van der Waals surface area (Å²) in [4.78, 5) is 16.2. The van der Waals surface area contributed by atoms with Crippen LogP contribution >= 0.6 is 11.6 Å². The van der Waals surface area contributed by atoms with Crippen molar-refractivity contribution in [3.63, 3.8) is 0 Å². The molecule has 0 aliphatic carbocycles. The van der Waals surface area contributed by atoms with E-state index >= 15 is 0 Å². The number of allylic oxidation sites excluding steroid dienone is 1. The molecule has 0 bridgehead atoms. The minimum atomic E-state index is -4.95. The van der Waals surface area contributed by atoms with Gasteiger partial charge in [0.2, 0.25) is 5.96 Å². The molecule has 34 heavy (non-hydrogen) atoms. The molecule has 5 N–H and O–H groups in total. The van der Waals surface area contributed by atoms with Crippen molar-refractivity contribution in [2.45, 2.75) is 32.4 Å². The van der Waals surface area contributed by atoms with Crippen LogP contribution in [-0.4, -0.2) is 28.2 Å². The Morgan fingerprint density at radius 2 is 1.91 bits per heavy atom. The quantitative estimate of drug-likeness (QED) is 0.213. The summed E-state index contributed by atoms with van der Waals surface area (Å²) in [6.45, 7) is 7.22. The fourth-order valence-corrected chi connectivity index (χ4v) is 3.21. The molecule has 0 spiro atoms. The van der Waals surface area contributed by atoms with Crippen molar-refractivity contribution in [2.75, 3.05) is 6.54 Å². The summed E-state index contributed by atoms with van der Waals surface area (Å²) >= 11 is 5.93. The third kappa shape index (κ3) is 7.34. The lowest BCUT2D eigenvalue weighted by Crippen LogP contribution is -2.30. The van der Waals surface area contributed by atoms with Crippen molar-refractivity contribution >= 4 is 23.5 Å². The summed E-state index contributed by atoms with van der Waals surface area (Å²) in [5, 5.41) is 6.41. The van der Waals surface area contributed by atoms with E-state index in [9.17, 15) is 22.4 Å². The van der Waals surface area contributed by atoms with Crippen LogP contribution in [0.25, 0.3) is 0 Å². The number of benzene rings is 1. The molecule has 12 heteroatoms. The average molecular weight is 501 g/mol. The lowest BCUT2D eigenvalue weighted by molar-refractivity contribution is -0.141. The summed E-state index contributed by atoms with van der Waals surface area (Å²) in [5.74, 6) is -2.52. The zero-order valence-corrected chi connectivity index (χ0v) is 19.3. The van der Waals surface area contributed by atoms with Crippen LogP contribution in [0.5, 0.6) is 0 Å². The Balaban J connectivity index is 2.31. The third-order valence-corrected chi connectivity index (χ3v) is 4.94. The minimum absolute atomic E-state index is 0.0806. The molecule has 2 rings (SSSR count). The molecule has 0 saturated heterocycles. The highest BCUT2D eigenvalue weighted by Crippen LogP contribution is 2.31. The van der Waals surface area contributed by atoms with Gasteiger partial charge in [-0.25, -0.2) is 14.1 Å². The van der Waals surface area contributed by atoms with Gasteiger partial charge in [-0.1, -0.05) is 44.2 Å². The number of rotatable bonds is 8. The van der Waals surface area contributed by atoms with E-state index in [1.54, 1.807) is 24.3 Å². The van der Waals surface area contributed by atoms with E-state index in [2.05, 4.69) is 22.0 Å². The predicted molar refractivity (Wildman–Crippen MR) is 123 cm³/mol. The summed E-state index contributed by atoms with van der Waals surface area (Å²) in [5.41, 5.74) is 8.98. The maximum atomic E-state index is 13.5. The summed E-state index contributed by atoms with van der Waals surface area (Å²) in [7, 11) is 0. The molecule has 7 nitrogen and oxygen atoms in total. The van der Waals surface area contributed by atoms with Gasteiger partial charge in [0, 0.05) is 23.7 Å². The number of hydrogen-bond donors (Lipinski definition) is 3.